The SMILES string of the molecule is CCCCCCCCCCCCCCCC(O)=[NH+]CCCN(C)OC(=O)CCCCCCCCCCCCC. The van der Waals surface area contributed by atoms with Crippen molar-refractivity contribution in [1.29, 1.82) is 0 Å². The van der Waals surface area contributed by atoms with E-state index in [0.29, 0.717) is 25.4 Å². The van der Waals surface area contributed by atoms with Gasteiger partial charge >= 0.3 is 11.9 Å². The van der Waals surface area contributed by atoms with Crippen molar-refractivity contribution < 1.29 is 19.7 Å². The smallest absolute Gasteiger partial charge is 0.332 e. The van der Waals surface area contributed by atoms with Gasteiger partial charge in [-0.3, -0.25) is 4.79 Å². The number of hydrogen-bond acceptors (Lipinski definition) is 3. The van der Waals surface area contributed by atoms with Crippen molar-refractivity contribution in [3.05, 3.63) is 0 Å². The summed E-state index contributed by atoms with van der Waals surface area (Å²) >= 11 is 0. The Morgan fingerprint density at radius 3 is 1.33 bits per heavy atom. The normalized spacial score (nSPS) is 11.9. The van der Waals surface area contributed by atoms with Crippen LogP contribution in [-0.4, -0.2) is 42.2 Å². The summed E-state index contributed by atoms with van der Waals surface area (Å²) in [5.41, 5.74) is 0. The largest absolute Gasteiger partial charge is 0.464 e. The van der Waals surface area contributed by atoms with E-state index in [4.69, 9.17) is 4.84 Å². The first-order chi connectivity index (χ1) is 19.1. The topological polar surface area (TPSA) is 63.7 Å². The van der Waals surface area contributed by atoms with Crippen molar-refractivity contribution in [3.8, 4) is 0 Å². The molecule has 0 fully saturated rings. The van der Waals surface area contributed by atoms with Crippen LogP contribution in [0.3, 0.4) is 0 Å². The zero-order valence-electron chi connectivity index (χ0n) is 26.7. The van der Waals surface area contributed by atoms with Gasteiger partial charge < -0.3 is 9.94 Å². The molecule has 0 aromatic carbocycles. The van der Waals surface area contributed by atoms with Gasteiger partial charge in [-0.1, -0.05) is 155 Å². The Hall–Kier alpha value is -1.10. The van der Waals surface area contributed by atoms with Crippen molar-refractivity contribution >= 4 is 11.9 Å². The highest BCUT2D eigenvalue weighted by molar-refractivity contribution is 5.68. The average molecular weight is 554 g/mol. The van der Waals surface area contributed by atoms with Gasteiger partial charge in [0.2, 0.25) is 0 Å². The van der Waals surface area contributed by atoms with Gasteiger partial charge in [-0.15, -0.1) is 5.06 Å². The molecule has 0 aromatic rings. The lowest BCUT2D eigenvalue weighted by Crippen LogP contribution is -2.73. The van der Waals surface area contributed by atoms with Crippen molar-refractivity contribution in [2.75, 3.05) is 20.1 Å². The fourth-order valence-electron chi connectivity index (χ4n) is 5.13. The molecule has 0 spiro atoms. The number of rotatable bonds is 31. The molecule has 5 heteroatoms. The molecule has 2 N–H and O–H groups in total. The summed E-state index contributed by atoms with van der Waals surface area (Å²) in [5, 5.41) is 11.7. The van der Waals surface area contributed by atoms with Gasteiger partial charge in [-0.2, -0.15) is 0 Å². The first kappa shape index (κ1) is 37.9. The third kappa shape index (κ3) is 31.3. The quantitative estimate of drug-likeness (QED) is 0.0389. The lowest BCUT2D eigenvalue weighted by Gasteiger charge is -2.14. The van der Waals surface area contributed by atoms with Crippen molar-refractivity contribution in [2.24, 2.45) is 0 Å². The molecular weight excluding hydrogens is 484 g/mol. The molecule has 0 bridgehead atoms. The van der Waals surface area contributed by atoms with Gasteiger partial charge in [0.25, 0.3) is 0 Å². The predicted octanol–water partition coefficient (Wildman–Crippen LogP) is 8.99. The zero-order chi connectivity index (χ0) is 28.7. The minimum absolute atomic E-state index is 0.127. The third-order valence-electron chi connectivity index (χ3n) is 7.74. The van der Waals surface area contributed by atoms with Gasteiger partial charge in [-0.25, -0.2) is 4.99 Å². The highest BCUT2D eigenvalue weighted by atomic mass is 16.7. The Kier molecular flexibility index (Phi) is 30.5. The molecule has 0 aliphatic rings. The van der Waals surface area contributed by atoms with Crippen LogP contribution in [0.1, 0.15) is 187 Å². The summed E-state index contributed by atoms with van der Waals surface area (Å²) in [6.07, 6.45) is 33.6. The number of carbonyl (C=O) groups excluding carboxylic acids is 1. The Balaban J connectivity index is 3.46. The van der Waals surface area contributed by atoms with E-state index in [-0.39, 0.29) is 5.97 Å². The Morgan fingerprint density at radius 2 is 0.923 bits per heavy atom. The van der Waals surface area contributed by atoms with Gasteiger partial charge in [0.1, 0.15) is 6.54 Å². The Bertz CT molecular complexity index is 539. The summed E-state index contributed by atoms with van der Waals surface area (Å²) < 4.78 is 0. The maximum Gasteiger partial charge on any atom is 0.332 e. The van der Waals surface area contributed by atoms with Gasteiger partial charge in [-0.05, 0) is 12.8 Å². The van der Waals surface area contributed by atoms with E-state index in [9.17, 15) is 9.90 Å². The number of hydrogen-bond donors (Lipinski definition) is 2. The summed E-state index contributed by atoms with van der Waals surface area (Å²) in [4.78, 5) is 20.5. The number of aliphatic hydroxyl groups excluding tert-OH is 1. The Morgan fingerprint density at radius 1 is 0.564 bits per heavy atom. The van der Waals surface area contributed by atoms with E-state index in [2.05, 4.69) is 18.8 Å². The van der Waals surface area contributed by atoms with Crippen LogP contribution in [0.4, 0.5) is 0 Å². The van der Waals surface area contributed by atoms with Gasteiger partial charge in [0.15, 0.2) is 0 Å². The molecule has 0 saturated heterocycles. The molecule has 0 amide bonds. The van der Waals surface area contributed by atoms with Crippen LogP contribution >= 0.6 is 0 Å². The van der Waals surface area contributed by atoms with Crippen molar-refractivity contribution in [1.82, 2.24) is 5.06 Å². The second kappa shape index (κ2) is 31.4. The fraction of sp³-hybridized carbons (Fsp3) is 0.941. The van der Waals surface area contributed by atoms with Crippen LogP contribution in [0.2, 0.25) is 0 Å². The molecule has 0 aliphatic carbocycles. The number of carbonyl (C=O) groups is 1. The van der Waals surface area contributed by atoms with Crippen LogP contribution in [0.15, 0.2) is 0 Å². The van der Waals surface area contributed by atoms with E-state index in [1.54, 1.807) is 5.06 Å². The first-order valence-electron chi connectivity index (χ1n) is 17.3. The van der Waals surface area contributed by atoms with Crippen LogP contribution in [0, 0.1) is 0 Å². The predicted molar refractivity (Wildman–Crippen MR) is 168 cm³/mol. The van der Waals surface area contributed by atoms with E-state index < -0.39 is 0 Å². The number of nitrogens with zero attached hydrogens (tertiary/aromatic N) is 1. The zero-order valence-corrected chi connectivity index (χ0v) is 26.7. The standard InChI is InChI=1S/C34H68N2O3/c1-4-6-8-10-12-14-16-17-19-20-22-24-26-29-33(37)35-31-28-32-36(3)39-34(38)30-27-25-23-21-18-15-13-11-9-7-5-2/h4-32H2,1-3H3,(H,35,37)/p+1. The lowest BCUT2D eigenvalue weighted by molar-refractivity contribution is -0.469. The average Bonchev–Trinajstić information content (AvgIpc) is 2.92. The lowest BCUT2D eigenvalue weighted by atomic mass is 10.0. The second-order valence-corrected chi connectivity index (χ2v) is 11.8. The molecule has 0 atom stereocenters. The number of hydroxylamine groups is 2. The van der Waals surface area contributed by atoms with E-state index in [1.165, 1.54) is 135 Å². The van der Waals surface area contributed by atoms with Crippen LogP contribution in [-0.2, 0) is 9.63 Å². The molecule has 0 aliphatic heterocycles. The fourth-order valence-corrected chi connectivity index (χ4v) is 5.13. The van der Waals surface area contributed by atoms with E-state index >= 15 is 0 Å². The summed E-state index contributed by atoms with van der Waals surface area (Å²) in [5.74, 6) is 0.271. The molecule has 0 unspecified atom stereocenters. The maximum atomic E-state index is 12.0. The second-order valence-electron chi connectivity index (χ2n) is 11.8. The third-order valence-corrected chi connectivity index (χ3v) is 7.74. The van der Waals surface area contributed by atoms with Crippen molar-refractivity contribution in [3.63, 3.8) is 0 Å². The van der Waals surface area contributed by atoms with E-state index in [1.807, 2.05) is 7.05 Å². The molecular formula is C34H69N2O3+. The molecule has 0 heterocycles. The molecule has 5 nitrogen and oxygen atoms in total. The number of unbranched alkanes of at least 4 members (excludes halogenated alkanes) is 22. The highest BCUT2D eigenvalue weighted by Crippen LogP contribution is 2.14. The summed E-state index contributed by atoms with van der Waals surface area (Å²) in [6.45, 7) is 5.91. The van der Waals surface area contributed by atoms with Crippen LogP contribution in [0.25, 0.3) is 0 Å². The molecule has 0 radical (unpaired) electrons. The molecule has 0 saturated carbocycles. The summed E-state index contributed by atoms with van der Waals surface area (Å²) in [7, 11) is 1.82. The van der Waals surface area contributed by atoms with Crippen LogP contribution in [0.5, 0.6) is 0 Å². The van der Waals surface area contributed by atoms with E-state index in [0.717, 1.165) is 32.1 Å². The molecule has 39 heavy (non-hydrogen) atoms. The van der Waals surface area contributed by atoms with Gasteiger partial charge in [0, 0.05) is 26.4 Å². The maximum absolute atomic E-state index is 12.0. The monoisotopic (exact) mass is 554 g/mol. The minimum atomic E-state index is -0.127. The van der Waals surface area contributed by atoms with Crippen molar-refractivity contribution in [2.45, 2.75) is 187 Å². The molecule has 0 rings (SSSR count). The van der Waals surface area contributed by atoms with Crippen LogP contribution < -0.4 is 4.99 Å². The summed E-state index contributed by atoms with van der Waals surface area (Å²) in [6, 6.07) is 0. The van der Waals surface area contributed by atoms with Gasteiger partial charge in [0.05, 0.1) is 6.42 Å². The minimum Gasteiger partial charge on any atom is -0.464 e. The molecule has 232 valence electrons. The number of aliphatic hydroxyl groups is 1. The Labute approximate surface area is 243 Å². The first-order valence-corrected chi connectivity index (χ1v) is 17.3. The highest BCUT2D eigenvalue weighted by Gasteiger charge is 2.08. The molecule has 0 aromatic heterocycles. The number of nitrogens with one attached hydrogen (secondary N) is 1.